The van der Waals surface area contributed by atoms with E-state index in [1.54, 1.807) is 0 Å². The third kappa shape index (κ3) is 3.07. The number of rotatable bonds is 1. The summed E-state index contributed by atoms with van der Waals surface area (Å²) >= 11 is 0. The lowest BCUT2D eigenvalue weighted by atomic mass is 9.98. The van der Waals surface area contributed by atoms with Crippen LogP contribution in [0.3, 0.4) is 0 Å². The maximum atomic E-state index is 12.1. The van der Waals surface area contributed by atoms with E-state index in [1.807, 2.05) is 39.8 Å². The molecule has 1 heterocycles. The average Bonchev–Trinajstić information content (AvgIpc) is 2.28. The number of nitrogens with two attached hydrogens (primary N) is 1. The molecule has 4 nitrogen and oxygen atoms in total. The molecule has 0 aliphatic carbocycles. The minimum Gasteiger partial charge on any atom is -0.475 e. The van der Waals surface area contributed by atoms with Gasteiger partial charge in [0.05, 0.1) is 5.56 Å². The van der Waals surface area contributed by atoms with Crippen molar-refractivity contribution in [2.75, 3.05) is 0 Å². The van der Waals surface area contributed by atoms with Crippen LogP contribution in [0, 0.1) is 6.92 Å². The summed E-state index contributed by atoms with van der Waals surface area (Å²) in [6, 6.07) is 3.73. The van der Waals surface area contributed by atoms with Crippen LogP contribution < -0.4 is 10.5 Å². The van der Waals surface area contributed by atoms with Gasteiger partial charge in [0.1, 0.15) is 17.6 Å². The van der Waals surface area contributed by atoms with Crippen LogP contribution in [0.5, 0.6) is 5.75 Å². The fraction of sp³-hybridized carbons (Fsp3) is 0.533. The lowest BCUT2D eigenvalue weighted by Crippen LogP contribution is -2.32. The van der Waals surface area contributed by atoms with Gasteiger partial charge in [-0.25, -0.2) is 4.79 Å². The summed E-state index contributed by atoms with van der Waals surface area (Å²) in [5, 5.41) is 0. The molecule has 2 rings (SSSR count). The van der Waals surface area contributed by atoms with E-state index in [4.69, 9.17) is 15.2 Å². The van der Waals surface area contributed by atoms with Crippen molar-refractivity contribution in [2.45, 2.75) is 52.4 Å². The van der Waals surface area contributed by atoms with Crippen LogP contribution >= 0.6 is 0 Å². The largest absolute Gasteiger partial charge is 0.475 e. The highest BCUT2D eigenvalue weighted by Crippen LogP contribution is 2.32. The first-order valence-electron chi connectivity index (χ1n) is 6.56. The van der Waals surface area contributed by atoms with Crippen molar-refractivity contribution in [1.29, 1.82) is 0 Å². The van der Waals surface area contributed by atoms with Crippen LogP contribution in [-0.4, -0.2) is 17.8 Å². The molecule has 0 spiro atoms. The molecule has 1 atom stereocenters. The van der Waals surface area contributed by atoms with Crippen LogP contribution in [0.25, 0.3) is 0 Å². The Labute approximate surface area is 113 Å². The predicted octanol–water partition coefficient (Wildman–Crippen LogP) is 2.56. The summed E-state index contributed by atoms with van der Waals surface area (Å²) in [7, 11) is 0. The molecule has 0 aromatic heterocycles. The predicted molar refractivity (Wildman–Crippen MR) is 73.3 cm³/mol. The highest BCUT2D eigenvalue weighted by molar-refractivity contribution is 5.92. The monoisotopic (exact) mass is 263 g/mol. The van der Waals surface area contributed by atoms with Crippen molar-refractivity contribution in [3.63, 3.8) is 0 Å². The van der Waals surface area contributed by atoms with Gasteiger partial charge in [-0.15, -0.1) is 0 Å². The van der Waals surface area contributed by atoms with Crippen LogP contribution in [-0.2, 0) is 11.2 Å². The second-order valence-corrected chi connectivity index (χ2v) is 5.92. The van der Waals surface area contributed by atoms with Crippen LogP contribution in [0.1, 0.15) is 48.7 Å². The molecule has 1 aromatic rings. The number of fused-ring (bicyclic) bond motifs is 1. The van der Waals surface area contributed by atoms with E-state index in [0.717, 1.165) is 29.7 Å². The summed E-state index contributed by atoms with van der Waals surface area (Å²) < 4.78 is 11.1. The van der Waals surface area contributed by atoms with Crippen LogP contribution in [0.2, 0.25) is 0 Å². The maximum Gasteiger partial charge on any atom is 0.339 e. The van der Waals surface area contributed by atoms with Crippen LogP contribution in [0.15, 0.2) is 12.1 Å². The highest BCUT2D eigenvalue weighted by atomic mass is 16.6. The minimum absolute atomic E-state index is 0.292. The number of ether oxygens (including phenoxy) is 2. The van der Waals surface area contributed by atoms with E-state index in [2.05, 4.69) is 0 Å². The number of esters is 1. The van der Waals surface area contributed by atoms with Gasteiger partial charge in [-0.3, -0.25) is 5.73 Å². The standard InChI is InChI=1S/C15H21NO3/c1-9-11(14(17)19-15(2,3)4)7-5-10-6-8-12(16)18-13(9)10/h5,7,12H,6,8,16H2,1-4H3. The van der Waals surface area contributed by atoms with E-state index in [9.17, 15) is 4.79 Å². The maximum absolute atomic E-state index is 12.1. The lowest BCUT2D eigenvalue weighted by molar-refractivity contribution is 0.00678. The van der Waals surface area contributed by atoms with Crippen molar-refractivity contribution in [3.05, 3.63) is 28.8 Å². The Morgan fingerprint density at radius 3 is 2.74 bits per heavy atom. The highest BCUT2D eigenvalue weighted by Gasteiger charge is 2.24. The SMILES string of the molecule is Cc1c(C(=O)OC(C)(C)C)ccc2c1OC(N)CC2. The first-order valence-corrected chi connectivity index (χ1v) is 6.56. The Morgan fingerprint density at radius 2 is 2.11 bits per heavy atom. The summed E-state index contributed by atoms with van der Waals surface area (Å²) in [5.41, 5.74) is 7.76. The van der Waals surface area contributed by atoms with Gasteiger partial charge in [0.25, 0.3) is 0 Å². The summed E-state index contributed by atoms with van der Waals surface area (Å²) in [6.45, 7) is 7.43. The molecule has 1 aliphatic heterocycles. The molecule has 104 valence electrons. The first-order chi connectivity index (χ1) is 8.78. The van der Waals surface area contributed by atoms with Gasteiger partial charge in [0.2, 0.25) is 0 Å². The van der Waals surface area contributed by atoms with Gasteiger partial charge in [0.15, 0.2) is 0 Å². The smallest absolute Gasteiger partial charge is 0.339 e. The third-order valence-electron chi connectivity index (χ3n) is 3.07. The van der Waals surface area contributed by atoms with Crippen molar-refractivity contribution in [1.82, 2.24) is 0 Å². The molecule has 2 N–H and O–H groups in total. The normalized spacial score (nSPS) is 18.5. The molecule has 0 saturated heterocycles. The number of hydrogen-bond acceptors (Lipinski definition) is 4. The van der Waals surface area contributed by atoms with Gasteiger partial charge in [0, 0.05) is 12.0 Å². The van der Waals surface area contributed by atoms with Crippen molar-refractivity contribution in [2.24, 2.45) is 5.73 Å². The number of carbonyl (C=O) groups excluding carboxylic acids is 1. The molecule has 1 aliphatic rings. The van der Waals surface area contributed by atoms with E-state index in [1.165, 1.54) is 0 Å². The Balaban J connectivity index is 2.33. The minimum atomic E-state index is -0.503. The third-order valence-corrected chi connectivity index (χ3v) is 3.07. The van der Waals surface area contributed by atoms with Gasteiger partial charge in [-0.1, -0.05) is 6.07 Å². The van der Waals surface area contributed by atoms with Gasteiger partial charge >= 0.3 is 5.97 Å². The van der Waals surface area contributed by atoms with E-state index < -0.39 is 5.60 Å². The second kappa shape index (κ2) is 4.85. The second-order valence-electron chi connectivity index (χ2n) is 5.92. The van der Waals surface area contributed by atoms with Gasteiger partial charge in [-0.05, 0) is 45.7 Å². The van der Waals surface area contributed by atoms with E-state index in [0.29, 0.717) is 5.56 Å². The molecular weight excluding hydrogens is 242 g/mol. The fourth-order valence-electron chi connectivity index (χ4n) is 2.17. The molecule has 19 heavy (non-hydrogen) atoms. The fourth-order valence-corrected chi connectivity index (χ4v) is 2.17. The summed E-state index contributed by atoms with van der Waals surface area (Å²) in [4.78, 5) is 12.1. The number of hydrogen-bond donors (Lipinski definition) is 1. The molecule has 4 heteroatoms. The molecule has 0 bridgehead atoms. The number of carbonyl (C=O) groups is 1. The van der Waals surface area contributed by atoms with Gasteiger partial charge in [-0.2, -0.15) is 0 Å². The lowest BCUT2D eigenvalue weighted by Gasteiger charge is -2.26. The molecular formula is C15H21NO3. The molecule has 1 aromatic carbocycles. The Bertz CT molecular complexity index is 503. The first kappa shape index (κ1) is 13.9. The Hall–Kier alpha value is -1.55. The molecule has 0 radical (unpaired) electrons. The van der Waals surface area contributed by atoms with Crippen molar-refractivity contribution >= 4 is 5.97 Å². The molecule has 0 saturated carbocycles. The zero-order chi connectivity index (χ0) is 14.2. The van der Waals surface area contributed by atoms with Crippen LogP contribution in [0.4, 0.5) is 0 Å². The topological polar surface area (TPSA) is 61.5 Å². The zero-order valence-electron chi connectivity index (χ0n) is 11.9. The number of aryl methyl sites for hydroxylation is 1. The summed E-state index contributed by atoms with van der Waals surface area (Å²) in [6.07, 6.45) is 1.39. The average molecular weight is 263 g/mol. The van der Waals surface area contributed by atoms with Gasteiger partial charge < -0.3 is 9.47 Å². The molecule has 1 unspecified atom stereocenters. The zero-order valence-corrected chi connectivity index (χ0v) is 11.9. The van der Waals surface area contributed by atoms with Crippen molar-refractivity contribution < 1.29 is 14.3 Å². The number of benzene rings is 1. The molecule has 0 fully saturated rings. The quantitative estimate of drug-likeness (QED) is 0.791. The Morgan fingerprint density at radius 1 is 1.42 bits per heavy atom. The van der Waals surface area contributed by atoms with E-state index >= 15 is 0 Å². The van der Waals surface area contributed by atoms with E-state index in [-0.39, 0.29) is 12.2 Å². The molecule has 0 amide bonds. The summed E-state index contributed by atoms with van der Waals surface area (Å²) in [5.74, 6) is 0.414. The Kier molecular flexibility index (Phi) is 3.54. The van der Waals surface area contributed by atoms with Crippen molar-refractivity contribution in [3.8, 4) is 5.75 Å².